The topological polar surface area (TPSA) is 57.4 Å². The Balaban J connectivity index is 2.49. The van der Waals surface area contributed by atoms with Crippen molar-refractivity contribution in [1.82, 2.24) is 4.98 Å². The van der Waals surface area contributed by atoms with Gasteiger partial charge in [-0.25, -0.2) is 4.98 Å². The van der Waals surface area contributed by atoms with E-state index in [1.54, 1.807) is 25.6 Å². The second-order valence-electron chi connectivity index (χ2n) is 4.36. The Morgan fingerprint density at radius 2 is 1.74 bits per heavy atom. The van der Waals surface area contributed by atoms with Crippen LogP contribution in [0.25, 0.3) is 10.6 Å². The summed E-state index contributed by atoms with van der Waals surface area (Å²) in [5.74, 6) is 1.51. The predicted molar refractivity (Wildman–Crippen MR) is 78.0 cm³/mol. The first-order valence-corrected chi connectivity index (χ1v) is 6.83. The predicted octanol–water partition coefficient (Wildman–Crippen LogP) is 3.16. The van der Waals surface area contributed by atoms with Gasteiger partial charge >= 0.3 is 0 Å². The van der Waals surface area contributed by atoms with Crippen LogP contribution < -0.4 is 15.2 Å². The zero-order chi connectivity index (χ0) is 14.0. The quantitative estimate of drug-likeness (QED) is 0.933. The maximum absolute atomic E-state index is 5.94. The molecule has 0 radical (unpaired) electrons. The largest absolute Gasteiger partial charge is 0.497 e. The number of aryl methyl sites for hydroxylation is 1. The second-order valence-corrected chi connectivity index (χ2v) is 5.39. The SMILES string of the molecule is COc1cc(OC)cc(-c2nc(C)c(C(C)N)s2)c1. The maximum Gasteiger partial charge on any atom is 0.124 e. The minimum absolute atomic E-state index is 0.00115. The minimum Gasteiger partial charge on any atom is -0.497 e. The molecule has 1 heterocycles. The third-order valence-electron chi connectivity index (χ3n) is 2.84. The molecular weight excluding hydrogens is 260 g/mol. The van der Waals surface area contributed by atoms with E-state index >= 15 is 0 Å². The number of methoxy groups -OCH3 is 2. The standard InChI is InChI=1S/C14H18N2O2S/c1-8(15)13-9(2)16-14(19-13)10-5-11(17-3)7-12(6-10)18-4/h5-8H,15H2,1-4H3. The summed E-state index contributed by atoms with van der Waals surface area (Å²) in [6, 6.07) is 5.74. The van der Waals surface area contributed by atoms with Gasteiger partial charge in [0.05, 0.1) is 19.9 Å². The first-order chi connectivity index (χ1) is 9.05. The van der Waals surface area contributed by atoms with Crippen molar-refractivity contribution in [2.45, 2.75) is 19.9 Å². The smallest absolute Gasteiger partial charge is 0.124 e. The van der Waals surface area contributed by atoms with Gasteiger partial charge in [0.1, 0.15) is 16.5 Å². The van der Waals surface area contributed by atoms with Gasteiger partial charge in [0.2, 0.25) is 0 Å². The van der Waals surface area contributed by atoms with Crippen LogP contribution in [0.4, 0.5) is 0 Å². The summed E-state index contributed by atoms with van der Waals surface area (Å²) in [6.45, 7) is 3.95. The van der Waals surface area contributed by atoms with E-state index < -0.39 is 0 Å². The Morgan fingerprint density at radius 3 is 2.16 bits per heavy atom. The molecule has 2 rings (SSSR count). The van der Waals surface area contributed by atoms with Crippen molar-refractivity contribution in [3.8, 4) is 22.1 Å². The maximum atomic E-state index is 5.94. The van der Waals surface area contributed by atoms with Crippen molar-refractivity contribution < 1.29 is 9.47 Å². The average Bonchev–Trinajstić information content (AvgIpc) is 2.80. The zero-order valence-corrected chi connectivity index (χ0v) is 12.4. The van der Waals surface area contributed by atoms with E-state index in [1.807, 2.05) is 32.0 Å². The number of aromatic nitrogens is 1. The highest BCUT2D eigenvalue weighted by molar-refractivity contribution is 7.15. The van der Waals surface area contributed by atoms with Crippen molar-refractivity contribution in [3.63, 3.8) is 0 Å². The van der Waals surface area contributed by atoms with Gasteiger partial charge in [0.25, 0.3) is 0 Å². The molecule has 4 nitrogen and oxygen atoms in total. The average molecular weight is 278 g/mol. The molecule has 1 atom stereocenters. The van der Waals surface area contributed by atoms with E-state index in [-0.39, 0.29) is 6.04 Å². The Morgan fingerprint density at radius 1 is 1.16 bits per heavy atom. The van der Waals surface area contributed by atoms with Crippen LogP contribution >= 0.6 is 11.3 Å². The Labute approximate surface area is 117 Å². The first kappa shape index (κ1) is 13.8. The van der Waals surface area contributed by atoms with Crippen molar-refractivity contribution in [1.29, 1.82) is 0 Å². The summed E-state index contributed by atoms with van der Waals surface area (Å²) in [4.78, 5) is 5.69. The zero-order valence-electron chi connectivity index (χ0n) is 11.6. The summed E-state index contributed by atoms with van der Waals surface area (Å²) < 4.78 is 10.6. The van der Waals surface area contributed by atoms with E-state index in [9.17, 15) is 0 Å². The van der Waals surface area contributed by atoms with Gasteiger partial charge in [-0.2, -0.15) is 0 Å². The van der Waals surface area contributed by atoms with Crippen molar-refractivity contribution in [3.05, 3.63) is 28.8 Å². The highest BCUT2D eigenvalue weighted by Crippen LogP contribution is 2.35. The van der Waals surface area contributed by atoms with Crippen LogP contribution in [-0.2, 0) is 0 Å². The lowest BCUT2D eigenvalue weighted by Gasteiger charge is -2.06. The molecule has 0 aliphatic heterocycles. The van der Waals surface area contributed by atoms with Crippen molar-refractivity contribution >= 4 is 11.3 Å². The van der Waals surface area contributed by atoms with Gasteiger partial charge < -0.3 is 15.2 Å². The molecule has 102 valence electrons. The lowest BCUT2D eigenvalue weighted by atomic mass is 10.2. The van der Waals surface area contributed by atoms with Crippen LogP contribution in [0.5, 0.6) is 11.5 Å². The molecule has 2 aromatic rings. The summed E-state index contributed by atoms with van der Waals surface area (Å²) in [7, 11) is 3.28. The van der Waals surface area contributed by atoms with E-state index in [4.69, 9.17) is 15.2 Å². The third-order valence-corrected chi connectivity index (χ3v) is 4.25. The van der Waals surface area contributed by atoms with Crippen LogP contribution in [0.2, 0.25) is 0 Å². The van der Waals surface area contributed by atoms with E-state index in [0.717, 1.165) is 32.6 Å². The fraction of sp³-hybridized carbons (Fsp3) is 0.357. The molecular formula is C14H18N2O2S. The highest BCUT2D eigenvalue weighted by atomic mass is 32.1. The number of hydrogen-bond donors (Lipinski definition) is 1. The fourth-order valence-electron chi connectivity index (χ4n) is 1.89. The molecule has 0 aliphatic rings. The van der Waals surface area contributed by atoms with Gasteiger partial charge in [-0.1, -0.05) is 0 Å². The Kier molecular flexibility index (Phi) is 4.07. The summed E-state index contributed by atoms with van der Waals surface area (Å²) in [5.41, 5.74) is 7.90. The first-order valence-electron chi connectivity index (χ1n) is 6.01. The number of thiazole rings is 1. The lowest BCUT2D eigenvalue weighted by Crippen LogP contribution is -2.03. The second kappa shape index (κ2) is 5.59. The molecule has 0 fully saturated rings. The van der Waals surface area contributed by atoms with Gasteiger partial charge in [-0.3, -0.25) is 0 Å². The molecule has 0 bridgehead atoms. The summed E-state index contributed by atoms with van der Waals surface area (Å²) in [6.07, 6.45) is 0. The van der Waals surface area contributed by atoms with Crippen LogP contribution in [0.3, 0.4) is 0 Å². The van der Waals surface area contributed by atoms with Crippen molar-refractivity contribution in [2.24, 2.45) is 5.73 Å². The van der Waals surface area contributed by atoms with Gasteiger partial charge in [-0.05, 0) is 26.0 Å². The summed E-state index contributed by atoms with van der Waals surface area (Å²) >= 11 is 1.61. The molecule has 2 N–H and O–H groups in total. The van der Waals surface area contributed by atoms with Crippen LogP contribution in [0.15, 0.2) is 18.2 Å². The normalized spacial score (nSPS) is 12.3. The van der Waals surface area contributed by atoms with Gasteiger partial charge in [-0.15, -0.1) is 11.3 Å². The van der Waals surface area contributed by atoms with Gasteiger partial charge in [0, 0.05) is 22.5 Å². The van der Waals surface area contributed by atoms with Crippen LogP contribution in [0, 0.1) is 6.92 Å². The number of ether oxygens (including phenoxy) is 2. The molecule has 0 saturated heterocycles. The number of rotatable bonds is 4. The molecule has 0 spiro atoms. The summed E-state index contributed by atoms with van der Waals surface area (Å²) in [5, 5.41) is 0.932. The van der Waals surface area contributed by atoms with E-state index in [2.05, 4.69) is 4.98 Å². The molecule has 0 amide bonds. The number of hydrogen-bond acceptors (Lipinski definition) is 5. The fourth-order valence-corrected chi connectivity index (χ4v) is 2.89. The number of nitrogens with two attached hydrogens (primary N) is 1. The lowest BCUT2D eigenvalue weighted by molar-refractivity contribution is 0.394. The number of benzene rings is 1. The molecule has 1 aromatic heterocycles. The molecule has 5 heteroatoms. The Bertz CT molecular complexity index is 557. The van der Waals surface area contributed by atoms with Gasteiger partial charge in [0.15, 0.2) is 0 Å². The van der Waals surface area contributed by atoms with Crippen LogP contribution in [-0.4, -0.2) is 19.2 Å². The van der Waals surface area contributed by atoms with Crippen molar-refractivity contribution in [2.75, 3.05) is 14.2 Å². The third kappa shape index (κ3) is 2.88. The monoisotopic (exact) mass is 278 g/mol. The minimum atomic E-state index is -0.00115. The molecule has 19 heavy (non-hydrogen) atoms. The molecule has 0 saturated carbocycles. The molecule has 1 unspecified atom stereocenters. The Hall–Kier alpha value is -1.59. The number of nitrogens with zero attached hydrogens (tertiary/aromatic N) is 1. The molecule has 0 aliphatic carbocycles. The highest BCUT2D eigenvalue weighted by Gasteiger charge is 2.14. The van der Waals surface area contributed by atoms with E-state index in [1.165, 1.54) is 0 Å². The van der Waals surface area contributed by atoms with Crippen LogP contribution in [0.1, 0.15) is 23.5 Å². The molecule has 1 aromatic carbocycles. The van der Waals surface area contributed by atoms with E-state index in [0.29, 0.717) is 0 Å².